The third-order valence-electron chi connectivity index (χ3n) is 4.30. The van der Waals surface area contributed by atoms with Crippen LogP contribution in [-0.2, 0) is 6.42 Å². The van der Waals surface area contributed by atoms with Crippen molar-refractivity contribution in [1.29, 1.82) is 0 Å². The van der Waals surface area contributed by atoms with E-state index in [2.05, 4.69) is 19.2 Å². The number of hydrogen-bond acceptors (Lipinski definition) is 3. The van der Waals surface area contributed by atoms with Gasteiger partial charge < -0.3 is 14.8 Å². The molecule has 3 rings (SSSR count). The monoisotopic (exact) mass is 333 g/mol. The molecular weight excluding hydrogens is 314 g/mol. The van der Waals surface area contributed by atoms with E-state index in [4.69, 9.17) is 16.0 Å². The molecule has 0 radical (unpaired) electrons. The highest BCUT2D eigenvalue weighted by molar-refractivity contribution is 6.30. The van der Waals surface area contributed by atoms with Gasteiger partial charge in [-0.25, -0.2) is 0 Å². The molecule has 0 spiro atoms. The number of aliphatic hydroxyl groups is 1. The zero-order valence-corrected chi connectivity index (χ0v) is 14.2. The van der Waals surface area contributed by atoms with Crippen LogP contribution in [-0.4, -0.2) is 11.0 Å². The summed E-state index contributed by atoms with van der Waals surface area (Å²) < 4.78 is 5.80. The van der Waals surface area contributed by atoms with Crippen LogP contribution in [0.15, 0.2) is 28.7 Å². The maximum atomic E-state index is 12.5. The van der Waals surface area contributed by atoms with Crippen LogP contribution in [0.1, 0.15) is 53.8 Å². The lowest BCUT2D eigenvalue weighted by Crippen LogP contribution is -2.24. The first-order valence-corrected chi connectivity index (χ1v) is 8.02. The summed E-state index contributed by atoms with van der Waals surface area (Å²) in [6, 6.07) is 6.89. The first-order chi connectivity index (χ1) is 10.8. The smallest absolute Gasteiger partial charge is 0.291 e. The van der Waals surface area contributed by atoms with Gasteiger partial charge in [0.05, 0.1) is 6.10 Å². The molecule has 1 amide bonds. The first kappa shape index (κ1) is 16.1. The molecule has 1 aromatic carbocycles. The second-order valence-corrected chi connectivity index (χ2v) is 7.35. The number of fused-ring (bicyclic) bond motifs is 1. The molecular formula is C18H20ClNO3. The van der Waals surface area contributed by atoms with Gasteiger partial charge in [0.1, 0.15) is 5.76 Å². The van der Waals surface area contributed by atoms with Gasteiger partial charge in [0.2, 0.25) is 0 Å². The van der Waals surface area contributed by atoms with Crippen molar-refractivity contribution >= 4 is 23.2 Å². The molecule has 23 heavy (non-hydrogen) atoms. The third-order valence-corrected chi connectivity index (χ3v) is 4.55. The minimum atomic E-state index is -0.588. The Balaban J connectivity index is 1.89. The van der Waals surface area contributed by atoms with Crippen LogP contribution < -0.4 is 5.32 Å². The summed E-state index contributed by atoms with van der Waals surface area (Å²) in [6.45, 7) is 6.00. The molecule has 5 heteroatoms. The normalized spacial score (nSPS) is 19.3. The first-order valence-electron chi connectivity index (χ1n) is 7.64. The molecule has 0 fully saturated rings. The Morgan fingerprint density at radius 1 is 1.35 bits per heavy atom. The average Bonchev–Trinajstić information content (AvgIpc) is 2.77. The van der Waals surface area contributed by atoms with Crippen LogP contribution >= 0.6 is 11.6 Å². The van der Waals surface area contributed by atoms with E-state index in [-0.39, 0.29) is 17.1 Å². The third kappa shape index (κ3) is 3.14. The molecule has 1 heterocycles. The lowest BCUT2D eigenvalue weighted by Gasteiger charge is -2.31. The van der Waals surface area contributed by atoms with Crippen molar-refractivity contribution in [3.05, 3.63) is 51.9 Å². The highest BCUT2D eigenvalue weighted by Gasteiger charge is 2.37. The minimum Gasteiger partial charge on any atom is -0.455 e. The van der Waals surface area contributed by atoms with Crippen LogP contribution in [0.5, 0.6) is 0 Å². The minimum absolute atomic E-state index is 0.0410. The summed E-state index contributed by atoms with van der Waals surface area (Å²) >= 11 is 5.84. The van der Waals surface area contributed by atoms with E-state index in [9.17, 15) is 9.90 Å². The van der Waals surface area contributed by atoms with Crippen molar-refractivity contribution in [1.82, 2.24) is 0 Å². The Morgan fingerprint density at radius 3 is 2.65 bits per heavy atom. The summed E-state index contributed by atoms with van der Waals surface area (Å²) in [7, 11) is 0. The van der Waals surface area contributed by atoms with E-state index in [1.807, 2.05) is 6.92 Å². The number of furan rings is 1. The largest absolute Gasteiger partial charge is 0.455 e. The summed E-state index contributed by atoms with van der Waals surface area (Å²) in [5, 5.41) is 13.8. The number of anilines is 1. The molecule has 0 saturated carbocycles. The molecule has 2 aromatic rings. The van der Waals surface area contributed by atoms with Crippen LogP contribution in [0.25, 0.3) is 0 Å². The highest BCUT2D eigenvalue weighted by atomic mass is 35.5. The molecule has 0 saturated heterocycles. The van der Waals surface area contributed by atoms with Gasteiger partial charge in [0.25, 0.3) is 5.91 Å². The summed E-state index contributed by atoms with van der Waals surface area (Å²) in [5.74, 6) is 0.665. The summed E-state index contributed by atoms with van der Waals surface area (Å²) in [6.07, 6.45) is 0.794. The Kier molecular flexibility index (Phi) is 3.98. The van der Waals surface area contributed by atoms with Crippen molar-refractivity contribution < 1.29 is 14.3 Å². The van der Waals surface area contributed by atoms with Gasteiger partial charge in [-0.05, 0) is 43.0 Å². The fourth-order valence-electron chi connectivity index (χ4n) is 3.22. The predicted molar refractivity (Wildman–Crippen MR) is 89.9 cm³/mol. The number of carbonyl (C=O) groups is 1. The van der Waals surface area contributed by atoms with Gasteiger partial charge in [-0.15, -0.1) is 0 Å². The van der Waals surface area contributed by atoms with E-state index in [0.29, 0.717) is 29.3 Å². The van der Waals surface area contributed by atoms with Crippen molar-refractivity contribution in [2.45, 2.75) is 39.7 Å². The zero-order valence-electron chi connectivity index (χ0n) is 13.4. The van der Waals surface area contributed by atoms with Crippen LogP contribution in [0.2, 0.25) is 5.02 Å². The fraction of sp³-hybridized carbons (Fsp3) is 0.389. The fourth-order valence-corrected chi connectivity index (χ4v) is 3.35. The number of aliphatic hydroxyl groups excluding tert-OH is 1. The Labute approximate surface area is 140 Å². The zero-order chi connectivity index (χ0) is 16.8. The number of benzene rings is 1. The van der Waals surface area contributed by atoms with Crippen molar-refractivity contribution in [3.8, 4) is 0 Å². The van der Waals surface area contributed by atoms with E-state index in [1.54, 1.807) is 24.3 Å². The van der Waals surface area contributed by atoms with Gasteiger partial charge >= 0.3 is 0 Å². The van der Waals surface area contributed by atoms with Crippen LogP contribution in [0, 0.1) is 12.3 Å². The van der Waals surface area contributed by atoms with Crippen molar-refractivity contribution in [3.63, 3.8) is 0 Å². The lowest BCUT2D eigenvalue weighted by molar-refractivity contribution is 0.0910. The number of nitrogens with one attached hydrogen (secondary N) is 1. The van der Waals surface area contributed by atoms with Crippen molar-refractivity contribution in [2.24, 2.45) is 5.41 Å². The molecule has 4 nitrogen and oxygen atoms in total. The molecule has 1 aromatic heterocycles. The molecule has 1 aliphatic rings. The van der Waals surface area contributed by atoms with E-state index >= 15 is 0 Å². The number of hydrogen-bond donors (Lipinski definition) is 2. The SMILES string of the molecule is Cc1c(C(=O)Nc2ccc(Cl)cc2)oc2c1[C@@H](O)CC(C)(C)C2. The van der Waals surface area contributed by atoms with Gasteiger partial charge in [-0.3, -0.25) is 4.79 Å². The van der Waals surface area contributed by atoms with E-state index < -0.39 is 6.10 Å². The molecule has 2 N–H and O–H groups in total. The molecule has 122 valence electrons. The standard InChI is InChI=1S/C18H20ClNO3/c1-10-15-13(21)8-18(2,3)9-14(15)23-16(10)17(22)20-12-6-4-11(19)5-7-12/h4-7,13,21H,8-9H2,1-3H3,(H,20,22)/t13-/m0/s1. The number of halogens is 1. The predicted octanol–water partition coefficient (Wildman–Crippen LogP) is 4.50. The van der Waals surface area contributed by atoms with Crippen LogP contribution in [0.4, 0.5) is 5.69 Å². The maximum absolute atomic E-state index is 12.5. The van der Waals surface area contributed by atoms with E-state index in [0.717, 1.165) is 11.1 Å². The van der Waals surface area contributed by atoms with Crippen molar-refractivity contribution in [2.75, 3.05) is 5.32 Å². The molecule has 1 atom stereocenters. The van der Waals surface area contributed by atoms with Gasteiger partial charge in [-0.2, -0.15) is 0 Å². The van der Waals surface area contributed by atoms with Gasteiger partial charge in [0, 0.05) is 28.3 Å². The van der Waals surface area contributed by atoms with E-state index in [1.165, 1.54) is 0 Å². The van der Waals surface area contributed by atoms with Gasteiger partial charge in [0.15, 0.2) is 5.76 Å². The highest BCUT2D eigenvalue weighted by Crippen LogP contribution is 2.44. The average molecular weight is 334 g/mol. The van der Waals surface area contributed by atoms with Gasteiger partial charge in [-0.1, -0.05) is 25.4 Å². The second-order valence-electron chi connectivity index (χ2n) is 6.91. The quantitative estimate of drug-likeness (QED) is 0.850. The number of rotatable bonds is 2. The second kappa shape index (κ2) is 5.69. The Hall–Kier alpha value is -1.78. The molecule has 0 bridgehead atoms. The number of amides is 1. The molecule has 0 aliphatic heterocycles. The number of carbonyl (C=O) groups excluding carboxylic acids is 1. The molecule has 1 aliphatic carbocycles. The maximum Gasteiger partial charge on any atom is 0.291 e. The Bertz CT molecular complexity index is 746. The lowest BCUT2D eigenvalue weighted by atomic mass is 9.75. The molecule has 0 unspecified atom stereocenters. The Morgan fingerprint density at radius 2 is 2.00 bits per heavy atom. The summed E-state index contributed by atoms with van der Waals surface area (Å²) in [5.41, 5.74) is 2.09. The topological polar surface area (TPSA) is 62.5 Å². The van der Waals surface area contributed by atoms with Crippen LogP contribution in [0.3, 0.4) is 0 Å². The summed E-state index contributed by atoms with van der Waals surface area (Å²) in [4.78, 5) is 12.5.